The number of carbonyl (C=O) groups excluding carboxylic acids is 1. The van der Waals surface area contributed by atoms with Gasteiger partial charge >= 0.3 is 0 Å². The monoisotopic (exact) mass is 253 g/mol. The van der Waals surface area contributed by atoms with Gasteiger partial charge in [-0.3, -0.25) is 10.1 Å². The molecule has 1 amide bonds. The molecule has 0 aromatic carbocycles. The number of anilines is 1. The number of aromatic nitrogens is 3. The molecule has 0 fully saturated rings. The first-order chi connectivity index (χ1) is 8.65. The molecule has 1 aromatic heterocycles. The lowest BCUT2D eigenvalue weighted by Crippen LogP contribution is -2.36. The Hall–Kier alpha value is -1.60. The molecule has 0 aliphatic rings. The molecule has 0 aliphatic heterocycles. The summed E-state index contributed by atoms with van der Waals surface area (Å²) in [6.07, 6.45) is 0.803. The first-order valence-electron chi connectivity index (χ1n) is 5.92. The highest BCUT2D eigenvalue weighted by atomic mass is 16.5. The van der Waals surface area contributed by atoms with E-state index in [1.54, 1.807) is 0 Å². The van der Waals surface area contributed by atoms with Gasteiger partial charge in [0, 0.05) is 13.7 Å². The average Bonchev–Trinajstić information content (AvgIpc) is 2.40. The number of nitrogens with one attached hydrogen (secondary N) is 1. The molecular weight excluding hydrogens is 234 g/mol. The summed E-state index contributed by atoms with van der Waals surface area (Å²) in [7, 11) is 1.42. The molecule has 18 heavy (non-hydrogen) atoms. The number of methoxy groups -OCH3 is 1. The fourth-order valence-corrected chi connectivity index (χ4v) is 1.49. The molecule has 100 valence electrons. The van der Waals surface area contributed by atoms with Crippen molar-refractivity contribution in [3.63, 3.8) is 0 Å². The largest absolute Gasteiger partial charge is 0.370 e. The van der Waals surface area contributed by atoms with Crippen LogP contribution >= 0.6 is 0 Å². The van der Waals surface area contributed by atoms with Crippen molar-refractivity contribution in [1.82, 2.24) is 15.2 Å². The molecule has 7 nitrogen and oxygen atoms in total. The van der Waals surface area contributed by atoms with Gasteiger partial charge in [0.25, 0.3) is 5.91 Å². The minimum Gasteiger partial charge on any atom is -0.370 e. The van der Waals surface area contributed by atoms with Crippen molar-refractivity contribution in [3.8, 4) is 0 Å². The Morgan fingerprint density at radius 1 is 1.33 bits per heavy atom. The summed E-state index contributed by atoms with van der Waals surface area (Å²) in [4.78, 5) is 16.0. The third-order valence-corrected chi connectivity index (χ3v) is 2.54. The van der Waals surface area contributed by atoms with Crippen LogP contribution in [-0.4, -0.2) is 40.8 Å². The summed E-state index contributed by atoms with van der Waals surface area (Å²) in [5.41, 5.74) is 7.08. The average molecular weight is 253 g/mol. The van der Waals surface area contributed by atoms with Crippen molar-refractivity contribution in [1.29, 1.82) is 0 Å². The zero-order valence-electron chi connectivity index (χ0n) is 10.9. The highest BCUT2D eigenvalue weighted by Gasteiger charge is 2.17. The van der Waals surface area contributed by atoms with E-state index in [0.29, 0.717) is 0 Å². The lowest BCUT2D eigenvalue weighted by atomic mass is 10.2. The third kappa shape index (κ3) is 3.44. The molecule has 1 aromatic rings. The van der Waals surface area contributed by atoms with Crippen LogP contribution in [0.2, 0.25) is 0 Å². The predicted octanol–water partition coefficient (Wildman–Crippen LogP) is -0.0914. The van der Waals surface area contributed by atoms with E-state index in [1.807, 2.05) is 13.8 Å². The molecule has 7 heteroatoms. The molecule has 3 N–H and O–H groups in total. The fourth-order valence-electron chi connectivity index (χ4n) is 1.49. The molecule has 1 rings (SSSR count). The third-order valence-electron chi connectivity index (χ3n) is 2.54. The maximum atomic E-state index is 11.7. The van der Waals surface area contributed by atoms with Crippen molar-refractivity contribution in [2.45, 2.75) is 32.8 Å². The normalized spacial score (nSPS) is 12.2. The first kappa shape index (κ1) is 14.5. The van der Waals surface area contributed by atoms with Gasteiger partial charge in [0.15, 0.2) is 0 Å². The lowest BCUT2D eigenvalue weighted by molar-refractivity contribution is -0.125. The highest BCUT2D eigenvalue weighted by Crippen LogP contribution is 2.07. The number of ether oxygens (including phenoxy) is 1. The van der Waals surface area contributed by atoms with E-state index in [1.165, 1.54) is 7.11 Å². The van der Waals surface area contributed by atoms with Crippen molar-refractivity contribution in [3.05, 3.63) is 11.4 Å². The van der Waals surface area contributed by atoms with Gasteiger partial charge in [-0.05, 0) is 12.8 Å². The van der Waals surface area contributed by atoms with Crippen LogP contribution in [0.5, 0.6) is 0 Å². The molecular formula is C11H19N5O2. The Labute approximate surface area is 106 Å². The molecule has 0 saturated carbocycles. The predicted molar refractivity (Wildman–Crippen MR) is 67.1 cm³/mol. The summed E-state index contributed by atoms with van der Waals surface area (Å²) >= 11 is 0. The zero-order chi connectivity index (χ0) is 13.5. The molecule has 0 bridgehead atoms. The van der Waals surface area contributed by atoms with Crippen molar-refractivity contribution < 1.29 is 9.53 Å². The van der Waals surface area contributed by atoms with E-state index in [0.717, 1.165) is 24.2 Å². The van der Waals surface area contributed by atoms with Crippen molar-refractivity contribution in [2.75, 3.05) is 19.0 Å². The molecule has 0 spiro atoms. The Balaban J connectivity index is 2.82. The maximum Gasteiger partial charge on any atom is 0.257 e. The quantitative estimate of drug-likeness (QED) is 0.734. The van der Waals surface area contributed by atoms with Crippen LogP contribution < -0.4 is 11.1 Å². The number of hydrogen-bond acceptors (Lipinski definition) is 6. The minimum absolute atomic E-state index is 0.101. The number of hydrogen-bond donors (Lipinski definition) is 2. The van der Waals surface area contributed by atoms with Gasteiger partial charge in [-0.25, -0.2) is 4.98 Å². The van der Waals surface area contributed by atoms with Crippen molar-refractivity contribution in [2.24, 2.45) is 5.73 Å². The number of nitrogens with two attached hydrogens (primary N) is 1. The van der Waals surface area contributed by atoms with Gasteiger partial charge in [0.2, 0.25) is 5.95 Å². The molecule has 0 radical (unpaired) electrons. The van der Waals surface area contributed by atoms with Crippen molar-refractivity contribution >= 4 is 11.9 Å². The molecule has 1 unspecified atom stereocenters. The van der Waals surface area contributed by atoms with Gasteiger partial charge in [0.05, 0.1) is 11.4 Å². The Kier molecular flexibility index (Phi) is 5.60. The van der Waals surface area contributed by atoms with Gasteiger partial charge in [-0.2, -0.15) is 0 Å². The topological polar surface area (TPSA) is 103 Å². The fraction of sp³-hybridized carbons (Fsp3) is 0.636. The van der Waals surface area contributed by atoms with Crippen LogP contribution in [0.15, 0.2) is 0 Å². The number of rotatable bonds is 6. The Morgan fingerprint density at radius 2 is 2.00 bits per heavy atom. The summed E-state index contributed by atoms with van der Waals surface area (Å²) in [6, 6.07) is 0. The van der Waals surface area contributed by atoms with Gasteiger partial charge in [0.1, 0.15) is 6.10 Å². The molecule has 1 atom stereocenters. The molecule has 0 aliphatic carbocycles. The number of carbonyl (C=O) groups is 1. The summed E-state index contributed by atoms with van der Waals surface area (Å²) in [5.74, 6) is -0.183. The Bertz CT molecular complexity index is 406. The second-order valence-corrected chi connectivity index (χ2v) is 3.69. The molecule has 0 saturated heterocycles. The van der Waals surface area contributed by atoms with Crippen LogP contribution in [0.3, 0.4) is 0 Å². The maximum absolute atomic E-state index is 11.7. The van der Waals surface area contributed by atoms with Crippen LogP contribution in [0.25, 0.3) is 0 Å². The molecule has 1 heterocycles. The summed E-state index contributed by atoms with van der Waals surface area (Å²) in [5, 5.41) is 10.4. The van der Waals surface area contributed by atoms with E-state index >= 15 is 0 Å². The van der Waals surface area contributed by atoms with E-state index in [4.69, 9.17) is 10.5 Å². The van der Waals surface area contributed by atoms with Gasteiger partial charge < -0.3 is 10.5 Å². The highest BCUT2D eigenvalue weighted by molar-refractivity contribution is 5.92. The van der Waals surface area contributed by atoms with Crippen LogP contribution in [0, 0.1) is 0 Å². The van der Waals surface area contributed by atoms with E-state index < -0.39 is 6.10 Å². The van der Waals surface area contributed by atoms with Gasteiger partial charge in [-0.15, -0.1) is 10.2 Å². The second kappa shape index (κ2) is 6.97. The first-order valence-corrected chi connectivity index (χ1v) is 5.92. The summed E-state index contributed by atoms with van der Waals surface area (Å²) in [6.45, 7) is 4.06. The van der Waals surface area contributed by atoms with Gasteiger partial charge in [-0.1, -0.05) is 13.8 Å². The van der Waals surface area contributed by atoms with E-state index in [2.05, 4.69) is 20.5 Å². The van der Waals surface area contributed by atoms with Crippen LogP contribution in [0.4, 0.5) is 5.95 Å². The van der Waals surface area contributed by atoms with Crippen LogP contribution in [0.1, 0.15) is 25.2 Å². The zero-order valence-corrected chi connectivity index (χ0v) is 10.9. The second-order valence-electron chi connectivity index (χ2n) is 3.69. The smallest absolute Gasteiger partial charge is 0.257 e. The number of nitrogens with zero attached hydrogens (tertiary/aromatic N) is 3. The summed E-state index contributed by atoms with van der Waals surface area (Å²) < 4.78 is 4.92. The minimum atomic E-state index is -0.704. The SMILES string of the molecule is CCc1nnc(NC(=O)C(CN)OC)nc1CC. The lowest BCUT2D eigenvalue weighted by Gasteiger charge is -2.12. The van der Waals surface area contributed by atoms with E-state index in [-0.39, 0.29) is 18.4 Å². The van der Waals surface area contributed by atoms with Crippen LogP contribution in [-0.2, 0) is 22.4 Å². The van der Waals surface area contributed by atoms with E-state index in [9.17, 15) is 4.79 Å². The number of amides is 1. The number of aryl methyl sites for hydroxylation is 2. The Morgan fingerprint density at radius 3 is 2.50 bits per heavy atom. The standard InChI is InChI=1S/C11H19N5O2/c1-4-7-8(5-2)15-16-11(13-7)14-10(17)9(6-12)18-3/h9H,4-6,12H2,1-3H3,(H,13,14,16,17).